The molecule has 0 amide bonds. The van der Waals surface area contributed by atoms with Crippen LogP contribution < -0.4 is 0 Å². The van der Waals surface area contributed by atoms with Gasteiger partial charge in [0.15, 0.2) is 0 Å². The highest BCUT2D eigenvalue weighted by Gasteiger charge is 2.43. The molecule has 1 heterocycles. The van der Waals surface area contributed by atoms with Gasteiger partial charge in [-0.25, -0.2) is 0 Å². The van der Waals surface area contributed by atoms with Crippen LogP contribution in [0.2, 0.25) is 0 Å². The van der Waals surface area contributed by atoms with Crippen molar-refractivity contribution < 1.29 is 24.0 Å². The number of esters is 1. The minimum absolute atomic E-state index is 0.111. The molecule has 3 rings (SSSR count). The smallest absolute Gasteiger partial charge is 0.309 e. The van der Waals surface area contributed by atoms with E-state index in [1.54, 1.807) is 13.8 Å². The van der Waals surface area contributed by atoms with E-state index < -0.39 is 17.0 Å². The van der Waals surface area contributed by atoms with E-state index in [0.29, 0.717) is 24.2 Å². The van der Waals surface area contributed by atoms with E-state index in [9.17, 15) is 14.7 Å². The van der Waals surface area contributed by atoms with Crippen molar-refractivity contribution in [2.24, 2.45) is 17.3 Å². The van der Waals surface area contributed by atoms with Crippen molar-refractivity contribution in [1.29, 1.82) is 0 Å². The first-order chi connectivity index (χ1) is 14.8. The second kappa shape index (κ2) is 9.18. The Morgan fingerprint density at radius 3 is 2.25 bits per heavy atom. The van der Waals surface area contributed by atoms with Gasteiger partial charge in [0.05, 0.1) is 17.5 Å². The number of aromatic nitrogens is 1. The number of carboxylic acid groups (broad SMARTS) is 1. The predicted octanol–water partition coefficient (Wildman–Crippen LogP) is 6.41. The SMILES string of the molecule is CC(C)CC1CC(c2onc(C(CC(=O)OC(C)(C)C)CC(C)(C)C(=O)O)c2C2CC2)C1. The molecule has 2 saturated carbocycles. The summed E-state index contributed by atoms with van der Waals surface area (Å²) >= 11 is 0. The summed E-state index contributed by atoms with van der Waals surface area (Å²) in [6.45, 7) is 13.5. The number of aliphatic carboxylic acids is 1. The van der Waals surface area contributed by atoms with E-state index in [2.05, 4.69) is 19.0 Å². The fraction of sp³-hybridized carbons (Fsp3) is 0.808. The van der Waals surface area contributed by atoms with Crippen LogP contribution in [-0.4, -0.2) is 27.8 Å². The van der Waals surface area contributed by atoms with Crippen LogP contribution in [-0.2, 0) is 14.3 Å². The lowest BCUT2D eigenvalue weighted by Crippen LogP contribution is -2.29. The molecular weight excluding hydrogens is 406 g/mol. The van der Waals surface area contributed by atoms with Crippen LogP contribution in [0.4, 0.5) is 0 Å². The van der Waals surface area contributed by atoms with Crippen molar-refractivity contribution in [2.75, 3.05) is 0 Å². The minimum Gasteiger partial charge on any atom is -0.481 e. The highest BCUT2D eigenvalue weighted by atomic mass is 16.6. The Morgan fingerprint density at radius 2 is 1.75 bits per heavy atom. The number of hydrogen-bond donors (Lipinski definition) is 1. The number of carbonyl (C=O) groups excluding carboxylic acids is 1. The van der Waals surface area contributed by atoms with E-state index in [0.717, 1.165) is 48.6 Å². The second-order valence-corrected chi connectivity index (χ2v) is 12.2. The Bertz CT molecular complexity index is 822. The van der Waals surface area contributed by atoms with Gasteiger partial charge in [0, 0.05) is 17.4 Å². The summed E-state index contributed by atoms with van der Waals surface area (Å²) in [4.78, 5) is 24.6. The summed E-state index contributed by atoms with van der Waals surface area (Å²) in [5.74, 6) is 1.71. The molecule has 6 nitrogen and oxygen atoms in total. The van der Waals surface area contributed by atoms with Gasteiger partial charge in [0.2, 0.25) is 0 Å². The Hall–Kier alpha value is -1.85. The van der Waals surface area contributed by atoms with Crippen LogP contribution in [0.25, 0.3) is 0 Å². The van der Waals surface area contributed by atoms with Crippen molar-refractivity contribution in [3.8, 4) is 0 Å². The molecule has 1 N–H and O–H groups in total. The Morgan fingerprint density at radius 1 is 1.12 bits per heavy atom. The van der Waals surface area contributed by atoms with Crippen LogP contribution in [0.3, 0.4) is 0 Å². The molecule has 2 fully saturated rings. The molecule has 180 valence electrons. The zero-order valence-corrected chi connectivity index (χ0v) is 20.9. The summed E-state index contributed by atoms with van der Waals surface area (Å²) in [6, 6.07) is 0. The third kappa shape index (κ3) is 6.14. The highest BCUT2D eigenvalue weighted by molar-refractivity contribution is 5.74. The average Bonchev–Trinajstić information content (AvgIpc) is 3.33. The van der Waals surface area contributed by atoms with Crippen LogP contribution in [0.1, 0.15) is 128 Å². The van der Waals surface area contributed by atoms with Gasteiger partial charge in [0.25, 0.3) is 0 Å². The van der Waals surface area contributed by atoms with Gasteiger partial charge in [-0.15, -0.1) is 0 Å². The number of rotatable bonds is 10. The number of ether oxygens (including phenoxy) is 1. The van der Waals surface area contributed by atoms with Crippen LogP contribution >= 0.6 is 0 Å². The minimum atomic E-state index is -0.981. The highest BCUT2D eigenvalue weighted by Crippen LogP contribution is 2.53. The molecule has 0 spiro atoms. The number of nitrogens with zero attached hydrogens (tertiary/aromatic N) is 1. The maximum absolute atomic E-state index is 12.7. The van der Waals surface area contributed by atoms with Crippen LogP contribution in [0.15, 0.2) is 4.52 Å². The quantitative estimate of drug-likeness (QED) is 0.417. The third-order valence-electron chi connectivity index (χ3n) is 6.74. The molecule has 1 aromatic rings. The number of hydrogen-bond acceptors (Lipinski definition) is 5. The van der Waals surface area contributed by atoms with E-state index in [4.69, 9.17) is 9.26 Å². The molecule has 0 saturated heterocycles. The fourth-order valence-corrected chi connectivity index (χ4v) is 5.06. The van der Waals surface area contributed by atoms with Crippen molar-refractivity contribution in [1.82, 2.24) is 5.16 Å². The molecular formula is C26H41NO5. The van der Waals surface area contributed by atoms with Crippen LogP contribution in [0, 0.1) is 17.3 Å². The van der Waals surface area contributed by atoms with Gasteiger partial charge in [-0.3, -0.25) is 9.59 Å². The molecule has 0 aliphatic heterocycles. The Balaban J connectivity index is 1.86. The predicted molar refractivity (Wildman–Crippen MR) is 123 cm³/mol. The number of carboxylic acids is 1. The largest absolute Gasteiger partial charge is 0.481 e. The molecule has 0 bridgehead atoms. The summed E-state index contributed by atoms with van der Waals surface area (Å²) in [5, 5.41) is 14.2. The van der Waals surface area contributed by atoms with E-state index in [1.165, 1.54) is 6.42 Å². The molecule has 2 aliphatic rings. The molecule has 1 unspecified atom stereocenters. The first-order valence-corrected chi connectivity index (χ1v) is 12.2. The summed E-state index contributed by atoms with van der Waals surface area (Å²) < 4.78 is 11.5. The fourth-order valence-electron chi connectivity index (χ4n) is 5.06. The molecule has 0 radical (unpaired) electrons. The van der Waals surface area contributed by atoms with Gasteiger partial charge < -0.3 is 14.4 Å². The molecule has 32 heavy (non-hydrogen) atoms. The van der Waals surface area contributed by atoms with Crippen molar-refractivity contribution in [2.45, 2.75) is 117 Å². The first kappa shape index (κ1) is 24.8. The normalized spacial score (nSPS) is 22.5. The lowest BCUT2D eigenvalue weighted by molar-refractivity contribution is -0.156. The van der Waals surface area contributed by atoms with Gasteiger partial charge in [-0.1, -0.05) is 19.0 Å². The molecule has 6 heteroatoms. The first-order valence-electron chi connectivity index (χ1n) is 12.2. The van der Waals surface area contributed by atoms with E-state index in [-0.39, 0.29) is 18.3 Å². The van der Waals surface area contributed by atoms with Crippen molar-refractivity contribution >= 4 is 11.9 Å². The molecule has 2 aliphatic carbocycles. The molecule has 1 aromatic heterocycles. The summed E-state index contributed by atoms with van der Waals surface area (Å²) in [5.41, 5.74) is 0.379. The zero-order chi connectivity index (χ0) is 23.8. The topological polar surface area (TPSA) is 89.6 Å². The standard InChI is InChI=1S/C26H41NO5/c1-15(2)10-16-11-18(12-16)23-21(17-8-9-17)22(27-32-23)19(14-26(6,7)24(29)30)13-20(28)31-25(3,4)5/h15-19H,8-14H2,1-7H3,(H,29,30). The van der Waals surface area contributed by atoms with Crippen molar-refractivity contribution in [3.63, 3.8) is 0 Å². The maximum Gasteiger partial charge on any atom is 0.309 e. The van der Waals surface area contributed by atoms with E-state index >= 15 is 0 Å². The summed E-state index contributed by atoms with van der Waals surface area (Å²) in [7, 11) is 0. The van der Waals surface area contributed by atoms with Gasteiger partial charge >= 0.3 is 11.9 Å². The third-order valence-corrected chi connectivity index (χ3v) is 6.74. The molecule has 1 atom stereocenters. The lowest BCUT2D eigenvalue weighted by atomic mass is 9.69. The van der Waals surface area contributed by atoms with Gasteiger partial charge in [-0.05, 0) is 90.9 Å². The monoisotopic (exact) mass is 447 g/mol. The average molecular weight is 448 g/mol. The zero-order valence-electron chi connectivity index (χ0n) is 20.9. The Labute approximate surface area is 192 Å². The van der Waals surface area contributed by atoms with Crippen molar-refractivity contribution in [3.05, 3.63) is 17.0 Å². The number of carbonyl (C=O) groups is 2. The molecule has 0 aromatic carbocycles. The lowest BCUT2D eigenvalue weighted by Gasteiger charge is -2.35. The van der Waals surface area contributed by atoms with Crippen LogP contribution in [0.5, 0.6) is 0 Å². The summed E-state index contributed by atoms with van der Waals surface area (Å²) in [6.07, 6.45) is 6.13. The Kier molecular flexibility index (Phi) is 7.11. The van der Waals surface area contributed by atoms with Gasteiger partial charge in [0.1, 0.15) is 11.4 Å². The van der Waals surface area contributed by atoms with E-state index in [1.807, 2.05) is 20.8 Å². The second-order valence-electron chi connectivity index (χ2n) is 12.2. The van der Waals surface area contributed by atoms with Gasteiger partial charge in [-0.2, -0.15) is 0 Å². The maximum atomic E-state index is 12.7.